The van der Waals surface area contributed by atoms with Gasteiger partial charge >= 0.3 is 0 Å². The molecule has 0 bridgehead atoms. The molecule has 4 heterocycles. The topological polar surface area (TPSA) is 37.2 Å². The van der Waals surface area contributed by atoms with Gasteiger partial charge < -0.3 is 9.47 Å². The van der Waals surface area contributed by atoms with Crippen LogP contribution in [0.5, 0.6) is 0 Å². The maximum Gasteiger partial charge on any atom is 0.127 e. The second-order valence-corrected chi connectivity index (χ2v) is 10.5. The minimum absolute atomic E-state index is 0.327. The van der Waals surface area contributed by atoms with Crippen molar-refractivity contribution in [3.63, 3.8) is 0 Å². The molecule has 5 heteroatoms. The summed E-state index contributed by atoms with van der Waals surface area (Å²) in [6, 6.07) is 14.3. The van der Waals surface area contributed by atoms with E-state index in [0.29, 0.717) is 18.1 Å². The maximum atomic E-state index is 5.24. The van der Waals surface area contributed by atoms with Gasteiger partial charge in [0.05, 0.1) is 28.8 Å². The van der Waals surface area contributed by atoms with Crippen LogP contribution in [0.1, 0.15) is 75.1 Å². The number of aryl methyl sites for hydroxylation is 1. The summed E-state index contributed by atoms with van der Waals surface area (Å²) in [5, 5.41) is 0. The van der Waals surface area contributed by atoms with Crippen LogP contribution in [0.2, 0.25) is 0 Å². The van der Waals surface area contributed by atoms with Crippen LogP contribution in [0.3, 0.4) is 0 Å². The lowest BCUT2D eigenvalue weighted by Gasteiger charge is -2.40. The quantitative estimate of drug-likeness (QED) is 0.500. The molecule has 176 valence electrons. The number of aromatic nitrogens is 3. The predicted octanol–water partition coefficient (Wildman–Crippen LogP) is 5.76. The van der Waals surface area contributed by atoms with Gasteiger partial charge in [-0.05, 0) is 103 Å². The number of pyridine rings is 1. The molecule has 0 spiro atoms. The van der Waals surface area contributed by atoms with E-state index in [9.17, 15) is 0 Å². The first-order chi connectivity index (χ1) is 16.0. The molecule has 3 aromatic rings. The Morgan fingerprint density at radius 3 is 2.48 bits per heavy atom. The Labute approximate surface area is 198 Å². The molecule has 2 aliphatic heterocycles. The third-order valence-corrected chi connectivity index (χ3v) is 8.11. The molecular formula is C28H39N5. The summed E-state index contributed by atoms with van der Waals surface area (Å²) >= 11 is 0. The number of hydrogen-bond acceptors (Lipinski definition) is 4. The Balaban J connectivity index is 1.45. The van der Waals surface area contributed by atoms with Crippen LogP contribution in [0.15, 0.2) is 42.6 Å². The van der Waals surface area contributed by atoms with Gasteiger partial charge in [0, 0.05) is 18.8 Å². The molecule has 0 saturated carbocycles. The van der Waals surface area contributed by atoms with E-state index in [2.05, 4.69) is 72.5 Å². The summed E-state index contributed by atoms with van der Waals surface area (Å²) in [5.41, 5.74) is 4.95. The minimum atomic E-state index is 0.327. The first-order valence-electron chi connectivity index (χ1n) is 12.9. The van der Waals surface area contributed by atoms with Gasteiger partial charge in [-0.2, -0.15) is 0 Å². The van der Waals surface area contributed by atoms with E-state index >= 15 is 0 Å². The lowest BCUT2D eigenvalue weighted by Crippen LogP contribution is -2.40. The van der Waals surface area contributed by atoms with Crippen molar-refractivity contribution in [1.82, 2.24) is 24.3 Å². The Morgan fingerprint density at radius 2 is 1.73 bits per heavy atom. The zero-order valence-electron chi connectivity index (χ0n) is 20.7. The van der Waals surface area contributed by atoms with Crippen molar-refractivity contribution in [2.24, 2.45) is 5.92 Å². The van der Waals surface area contributed by atoms with Crippen molar-refractivity contribution in [2.75, 3.05) is 20.1 Å². The molecule has 0 aliphatic carbocycles. The number of imidazole rings is 1. The van der Waals surface area contributed by atoms with E-state index in [-0.39, 0.29) is 0 Å². The first-order valence-corrected chi connectivity index (χ1v) is 12.9. The van der Waals surface area contributed by atoms with Gasteiger partial charge in [-0.3, -0.25) is 9.88 Å². The summed E-state index contributed by atoms with van der Waals surface area (Å²) < 4.78 is 2.57. The van der Waals surface area contributed by atoms with Crippen LogP contribution in [0, 0.1) is 12.8 Å². The van der Waals surface area contributed by atoms with Crippen LogP contribution < -0.4 is 0 Å². The van der Waals surface area contributed by atoms with E-state index in [0.717, 1.165) is 24.4 Å². The lowest BCUT2D eigenvalue weighted by atomic mass is 9.91. The molecule has 2 atom stereocenters. The van der Waals surface area contributed by atoms with Gasteiger partial charge in [0.15, 0.2) is 0 Å². The Hall–Kier alpha value is -2.24. The number of fused-ring (bicyclic) bond motifs is 1. The average molecular weight is 446 g/mol. The highest BCUT2D eigenvalue weighted by molar-refractivity contribution is 5.76. The molecule has 2 aromatic heterocycles. The molecule has 2 aliphatic rings. The van der Waals surface area contributed by atoms with E-state index in [4.69, 9.17) is 9.97 Å². The number of para-hydroxylation sites is 2. The number of likely N-dealkylation sites (tertiary alicyclic amines) is 2. The third kappa shape index (κ3) is 4.45. The fourth-order valence-corrected chi connectivity index (χ4v) is 6.07. The van der Waals surface area contributed by atoms with Crippen molar-refractivity contribution in [1.29, 1.82) is 0 Å². The monoisotopic (exact) mass is 445 g/mol. The average Bonchev–Trinajstić information content (AvgIpc) is 3.18. The van der Waals surface area contributed by atoms with Crippen LogP contribution in [0.25, 0.3) is 11.0 Å². The van der Waals surface area contributed by atoms with Gasteiger partial charge in [-0.25, -0.2) is 4.98 Å². The number of hydrogen-bond donors (Lipinski definition) is 0. The van der Waals surface area contributed by atoms with E-state index in [1.807, 2.05) is 12.3 Å². The molecule has 0 amide bonds. The fraction of sp³-hybridized carbons (Fsp3) is 0.571. The summed E-state index contributed by atoms with van der Waals surface area (Å²) in [6.45, 7) is 10.3. The van der Waals surface area contributed by atoms with E-state index in [1.54, 1.807) is 0 Å². The summed E-state index contributed by atoms with van der Waals surface area (Å²) in [7, 11) is 2.29. The van der Waals surface area contributed by atoms with Crippen LogP contribution in [-0.4, -0.2) is 50.5 Å². The van der Waals surface area contributed by atoms with E-state index < -0.39 is 0 Å². The molecule has 0 N–H and O–H groups in total. The van der Waals surface area contributed by atoms with Crippen molar-refractivity contribution in [3.8, 4) is 0 Å². The van der Waals surface area contributed by atoms with E-state index in [1.165, 1.54) is 61.4 Å². The molecular weight excluding hydrogens is 406 g/mol. The summed E-state index contributed by atoms with van der Waals surface area (Å²) in [6.07, 6.45) is 8.04. The summed E-state index contributed by atoms with van der Waals surface area (Å²) in [5.74, 6) is 1.97. The second-order valence-electron chi connectivity index (χ2n) is 10.5. The largest absolute Gasteiger partial charge is 0.326 e. The molecule has 0 unspecified atom stereocenters. The highest BCUT2D eigenvalue weighted by Crippen LogP contribution is 2.41. The maximum absolute atomic E-state index is 5.24. The highest BCUT2D eigenvalue weighted by atomic mass is 15.2. The second kappa shape index (κ2) is 9.55. The molecule has 5 nitrogen and oxygen atoms in total. The molecule has 5 rings (SSSR count). The Bertz CT molecular complexity index is 1080. The first kappa shape index (κ1) is 22.5. The fourth-order valence-electron chi connectivity index (χ4n) is 6.07. The third-order valence-electron chi connectivity index (χ3n) is 8.11. The molecule has 2 saturated heterocycles. The molecule has 2 fully saturated rings. The van der Waals surface area contributed by atoms with Crippen molar-refractivity contribution >= 4 is 11.0 Å². The van der Waals surface area contributed by atoms with Crippen LogP contribution >= 0.6 is 0 Å². The zero-order chi connectivity index (χ0) is 22.9. The zero-order valence-corrected chi connectivity index (χ0v) is 20.7. The van der Waals surface area contributed by atoms with Gasteiger partial charge in [0.25, 0.3) is 0 Å². The standard InChI is InChI=1S/C28H39N5/c1-20(2)32-17-14-22(15-18-32)19-33-24-11-6-5-10-23(24)30-28(33)26-13-7-12-25(31(26)4)27-21(3)9-8-16-29-27/h5-6,8-11,16,20,22,25-26H,7,12-15,17-19H2,1-4H3/t25-,26+/m0/s1. The summed E-state index contributed by atoms with van der Waals surface area (Å²) in [4.78, 5) is 15.2. The molecule has 0 radical (unpaired) electrons. The van der Waals surface area contributed by atoms with Crippen molar-refractivity contribution < 1.29 is 0 Å². The number of piperidine rings is 2. The number of rotatable bonds is 5. The Morgan fingerprint density at radius 1 is 0.970 bits per heavy atom. The smallest absolute Gasteiger partial charge is 0.127 e. The number of nitrogens with zero attached hydrogens (tertiary/aromatic N) is 5. The van der Waals surface area contributed by atoms with Crippen molar-refractivity contribution in [2.45, 2.75) is 77.5 Å². The molecule has 1 aromatic carbocycles. The van der Waals surface area contributed by atoms with Crippen LogP contribution in [0.4, 0.5) is 0 Å². The molecule has 33 heavy (non-hydrogen) atoms. The van der Waals surface area contributed by atoms with Crippen LogP contribution in [-0.2, 0) is 6.54 Å². The predicted molar refractivity (Wildman–Crippen MR) is 135 cm³/mol. The number of benzene rings is 1. The van der Waals surface area contributed by atoms with Gasteiger partial charge in [-0.15, -0.1) is 0 Å². The van der Waals surface area contributed by atoms with Crippen molar-refractivity contribution in [3.05, 3.63) is 59.7 Å². The van der Waals surface area contributed by atoms with Gasteiger partial charge in [-0.1, -0.05) is 18.2 Å². The highest BCUT2D eigenvalue weighted by Gasteiger charge is 2.34. The van der Waals surface area contributed by atoms with Gasteiger partial charge in [0.2, 0.25) is 0 Å². The normalized spacial score (nSPS) is 23.5. The minimum Gasteiger partial charge on any atom is -0.326 e. The SMILES string of the molecule is Cc1cccnc1[C@@H]1CCC[C@H](c2nc3ccccc3n2CC2CCN(C(C)C)CC2)N1C. The van der Waals surface area contributed by atoms with Gasteiger partial charge in [0.1, 0.15) is 5.82 Å². The Kier molecular flexibility index (Phi) is 6.53. The lowest BCUT2D eigenvalue weighted by molar-refractivity contribution is 0.101.